The zero-order valence-corrected chi connectivity index (χ0v) is 10.8. The quantitative estimate of drug-likeness (QED) is 0.875. The standard InChI is InChI=1S/C12H18N2O2S/c1-2-3-4-14-6-9(5-11(14)12(15)16)10-7-17-8-13-10/h7-9,11H,2-6H2,1H3,(H,15,16). The number of aliphatic carboxylic acids is 1. The second kappa shape index (κ2) is 5.60. The lowest BCUT2D eigenvalue weighted by atomic mass is 10.0. The molecule has 1 saturated heterocycles. The normalized spacial score (nSPS) is 25.2. The van der Waals surface area contributed by atoms with Crippen molar-refractivity contribution in [3.05, 3.63) is 16.6 Å². The van der Waals surface area contributed by atoms with Gasteiger partial charge in [0.1, 0.15) is 6.04 Å². The number of rotatable bonds is 5. The van der Waals surface area contributed by atoms with Gasteiger partial charge in [0, 0.05) is 17.8 Å². The van der Waals surface area contributed by atoms with Crippen LogP contribution in [0.15, 0.2) is 10.9 Å². The Morgan fingerprint density at radius 2 is 2.53 bits per heavy atom. The Morgan fingerprint density at radius 3 is 3.12 bits per heavy atom. The maximum atomic E-state index is 11.2. The van der Waals surface area contributed by atoms with Crippen LogP contribution < -0.4 is 0 Å². The first kappa shape index (κ1) is 12.5. The third-order valence-corrected chi connectivity index (χ3v) is 3.96. The number of hydrogen-bond acceptors (Lipinski definition) is 4. The molecule has 1 aliphatic rings. The van der Waals surface area contributed by atoms with Crippen molar-refractivity contribution in [2.24, 2.45) is 0 Å². The van der Waals surface area contributed by atoms with Gasteiger partial charge >= 0.3 is 5.97 Å². The summed E-state index contributed by atoms with van der Waals surface area (Å²) >= 11 is 1.58. The van der Waals surface area contributed by atoms with E-state index < -0.39 is 5.97 Å². The first-order valence-corrected chi connectivity index (χ1v) is 7.01. The first-order chi connectivity index (χ1) is 8.22. The fourth-order valence-electron chi connectivity index (χ4n) is 2.41. The molecular formula is C12H18N2O2S. The third kappa shape index (κ3) is 2.84. The molecule has 1 aromatic rings. The molecule has 0 bridgehead atoms. The van der Waals surface area contributed by atoms with Crippen LogP contribution >= 0.6 is 11.3 Å². The second-order valence-electron chi connectivity index (χ2n) is 4.55. The maximum absolute atomic E-state index is 11.2. The number of carbonyl (C=O) groups is 1. The van der Waals surface area contributed by atoms with Crippen LogP contribution in [0.1, 0.15) is 37.8 Å². The fourth-order valence-corrected chi connectivity index (χ4v) is 3.04. The predicted octanol–water partition coefficient (Wildman–Crippen LogP) is 2.19. The molecule has 0 radical (unpaired) electrons. The van der Waals surface area contributed by atoms with E-state index in [-0.39, 0.29) is 6.04 Å². The monoisotopic (exact) mass is 254 g/mol. The van der Waals surface area contributed by atoms with Crippen LogP contribution in [0, 0.1) is 0 Å². The fraction of sp³-hybridized carbons (Fsp3) is 0.667. The van der Waals surface area contributed by atoms with Crippen molar-refractivity contribution in [2.45, 2.75) is 38.1 Å². The summed E-state index contributed by atoms with van der Waals surface area (Å²) in [4.78, 5) is 17.6. The van der Waals surface area contributed by atoms with E-state index in [4.69, 9.17) is 0 Å². The summed E-state index contributed by atoms with van der Waals surface area (Å²) in [6.07, 6.45) is 2.86. The van der Waals surface area contributed by atoms with E-state index in [1.807, 2.05) is 10.9 Å². The SMILES string of the molecule is CCCCN1CC(c2cscn2)CC1C(=O)O. The van der Waals surface area contributed by atoms with E-state index in [0.29, 0.717) is 12.3 Å². The summed E-state index contributed by atoms with van der Waals surface area (Å²) in [5.41, 5.74) is 2.88. The summed E-state index contributed by atoms with van der Waals surface area (Å²) < 4.78 is 0. The minimum atomic E-state index is -0.696. The zero-order valence-electron chi connectivity index (χ0n) is 10.0. The molecule has 1 aliphatic heterocycles. The van der Waals surface area contributed by atoms with Gasteiger partial charge in [-0.1, -0.05) is 13.3 Å². The highest BCUT2D eigenvalue weighted by Crippen LogP contribution is 2.31. The van der Waals surface area contributed by atoms with Crippen molar-refractivity contribution in [2.75, 3.05) is 13.1 Å². The van der Waals surface area contributed by atoms with E-state index in [9.17, 15) is 9.90 Å². The lowest BCUT2D eigenvalue weighted by Crippen LogP contribution is -2.36. The minimum Gasteiger partial charge on any atom is -0.480 e. The Labute approximate surface area is 105 Å². The highest BCUT2D eigenvalue weighted by atomic mass is 32.1. The Kier molecular flexibility index (Phi) is 4.12. The number of aromatic nitrogens is 1. The van der Waals surface area contributed by atoms with Crippen molar-refractivity contribution in [1.82, 2.24) is 9.88 Å². The van der Waals surface area contributed by atoms with E-state index in [2.05, 4.69) is 16.8 Å². The Balaban J connectivity index is 2.03. The van der Waals surface area contributed by atoms with Gasteiger partial charge in [-0.2, -0.15) is 0 Å². The summed E-state index contributed by atoms with van der Waals surface area (Å²) in [5.74, 6) is -0.405. The molecule has 1 N–H and O–H groups in total. The number of hydrogen-bond donors (Lipinski definition) is 1. The number of carboxylic acid groups (broad SMARTS) is 1. The van der Waals surface area contributed by atoms with Gasteiger partial charge in [0.15, 0.2) is 0 Å². The van der Waals surface area contributed by atoms with Crippen LogP contribution in [-0.4, -0.2) is 40.1 Å². The summed E-state index contributed by atoms with van der Waals surface area (Å²) in [6.45, 7) is 3.85. The summed E-state index contributed by atoms with van der Waals surface area (Å²) in [6, 6.07) is -0.326. The van der Waals surface area contributed by atoms with E-state index >= 15 is 0 Å². The number of nitrogens with zero attached hydrogens (tertiary/aromatic N) is 2. The lowest BCUT2D eigenvalue weighted by Gasteiger charge is -2.20. The average Bonchev–Trinajstić information content (AvgIpc) is 2.94. The highest BCUT2D eigenvalue weighted by molar-refractivity contribution is 7.07. The second-order valence-corrected chi connectivity index (χ2v) is 5.27. The number of unbranched alkanes of at least 4 members (excludes halogenated alkanes) is 1. The average molecular weight is 254 g/mol. The van der Waals surface area contributed by atoms with Gasteiger partial charge in [-0.05, 0) is 19.4 Å². The molecule has 0 spiro atoms. The molecule has 1 aromatic heterocycles. The number of thiazole rings is 1. The molecular weight excluding hydrogens is 236 g/mol. The number of likely N-dealkylation sites (tertiary alicyclic amines) is 1. The first-order valence-electron chi connectivity index (χ1n) is 6.07. The summed E-state index contributed by atoms with van der Waals surface area (Å²) in [5, 5.41) is 11.3. The van der Waals surface area contributed by atoms with Gasteiger partial charge in [0.05, 0.1) is 11.2 Å². The van der Waals surface area contributed by atoms with Crippen molar-refractivity contribution < 1.29 is 9.90 Å². The largest absolute Gasteiger partial charge is 0.480 e. The molecule has 94 valence electrons. The van der Waals surface area contributed by atoms with Gasteiger partial charge in [0.25, 0.3) is 0 Å². The zero-order chi connectivity index (χ0) is 12.3. The Hall–Kier alpha value is -0.940. The highest BCUT2D eigenvalue weighted by Gasteiger charge is 2.37. The molecule has 4 nitrogen and oxygen atoms in total. The third-order valence-electron chi connectivity index (χ3n) is 3.36. The van der Waals surface area contributed by atoms with Crippen LogP contribution in [-0.2, 0) is 4.79 Å². The van der Waals surface area contributed by atoms with Gasteiger partial charge < -0.3 is 5.11 Å². The Bertz CT molecular complexity index is 367. The molecule has 0 aromatic carbocycles. The molecule has 0 amide bonds. The van der Waals surface area contributed by atoms with E-state index in [1.54, 1.807) is 11.3 Å². The molecule has 0 saturated carbocycles. The predicted molar refractivity (Wildman–Crippen MR) is 67.4 cm³/mol. The summed E-state index contributed by atoms with van der Waals surface area (Å²) in [7, 11) is 0. The van der Waals surface area contributed by atoms with Gasteiger partial charge in [-0.25, -0.2) is 4.98 Å². The molecule has 0 aliphatic carbocycles. The molecule has 17 heavy (non-hydrogen) atoms. The van der Waals surface area contributed by atoms with E-state index in [0.717, 1.165) is 31.6 Å². The van der Waals surface area contributed by atoms with E-state index in [1.165, 1.54) is 0 Å². The molecule has 2 atom stereocenters. The van der Waals surface area contributed by atoms with Crippen LogP contribution in [0.25, 0.3) is 0 Å². The molecule has 2 rings (SSSR count). The Morgan fingerprint density at radius 1 is 1.71 bits per heavy atom. The lowest BCUT2D eigenvalue weighted by molar-refractivity contribution is -0.142. The topological polar surface area (TPSA) is 53.4 Å². The van der Waals surface area contributed by atoms with Gasteiger partial charge in [0.2, 0.25) is 0 Å². The maximum Gasteiger partial charge on any atom is 0.320 e. The van der Waals surface area contributed by atoms with Crippen LogP contribution in [0.2, 0.25) is 0 Å². The smallest absolute Gasteiger partial charge is 0.320 e. The number of carboxylic acids is 1. The van der Waals surface area contributed by atoms with Gasteiger partial charge in [-0.15, -0.1) is 11.3 Å². The van der Waals surface area contributed by atoms with Crippen molar-refractivity contribution in [3.8, 4) is 0 Å². The molecule has 1 fully saturated rings. The molecule has 2 unspecified atom stereocenters. The van der Waals surface area contributed by atoms with Crippen LogP contribution in [0.5, 0.6) is 0 Å². The van der Waals surface area contributed by atoms with Crippen LogP contribution in [0.3, 0.4) is 0 Å². The van der Waals surface area contributed by atoms with Crippen LogP contribution in [0.4, 0.5) is 0 Å². The van der Waals surface area contributed by atoms with Crippen molar-refractivity contribution in [3.63, 3.8) is 0 Å². The molecule has 2 heterocycles. The molecule has 5 heteroatoms. The van der Waals surface area contributed by atoms with Crippen molar-refractivity contribution in [1.29, 1.82) is 0 Å². The van der Waals surface area contributed by atoms with Gasteiger partial charge in [-0.3, -0.25) is 9.69 Å². The van der Waals surface area contributed by atoms with Crippen molar-refractivity contribution >= 4 is 17.3 Å². The minimum absolute atomic E-state index is 0.291.